The highest BCUT2D eigenvalue weighted by Gasteiger charge is 2.19. The minimum Gasteiger partial charge on any atom is -0.289 e. The van der Waals surface area contributed by atoms with Gasteiger partial charge in [-0.1, -0.05) is 60.7 Å². The molecule has 0 aliphatic carbocycles. The summed E-state index contributed by atoms with van der Waals surface area (Å²) in [4.78, 5) is 22.4. The Morgan fingerprint density at radius 1 is 1.03 bits per heavy atom. The smallest absolute Gasteiger partial charge is 0.258 e. The van der Waals surface area contributed by atoms with Gasteiger partial charge < -0.3 is 0 Å². The third-order valence-electron chi connectivity index (χ3n) is 5.32. The molecule has 8 nitrogen and oxygen atoms in total. The Morgan fingerprint density at radius 2 is 1.76 bits per heavy atom. The predicted molar refractivity (Wildman–Crippen MR) is 127 cm³/mol. The number of pyridine rings is 1. The molecule has 0 aliphatic rings. The van der Waals surface area contributed by atoms with E-state index in [1.54, 1.807) is 23.3 Å². The molecule has 0 saturated heterocycles. The Morgan fingerprint density at radius 3 is 2.48 bits per heavy atom. The number of nitrogens with one attached hydrogen (secondary N) is 1. The zero-order chi connectivity index (χ0) is 22.8. The lowest BCUT2D eigenvalue weighted by Crippen LogP contribution is -2.15. The summed E-state index contributed by atoms with van der Waals surface area (Å²) in [6.07, 6.45) is 3.30. The van der Waals surface area contributed by atoms with E-state index < -0.39 is 0 Å². The first-order chi connectivity index (χ1) is 16.1. The van der Waals surface area contributed by atoms with Gasteiger partial charge in [-0.2, -0.15) is 5.10 Å². The van der Waals surface area contributed by atoms with Gasteiger partial charge in [0.05, 0.1) is 29.4 Å². The summed E-state index contributed by atoms with van der Waals surface area (Å²) < 4.78 is 3.52. The van der Waals surface area contributed by atoms with Crippen molar-refractivity contribution in [3.63, 3.8) is 0 Å². The lowest BCUT2D eigenvalue weighted by molar-refractivity contribution is 0.102. The molecular formula is C25H23N7O. The molecule has 0 saturated carbocycles. The molecule has 33 heavy (non-hydrogen) atoms. The van der Waals surface area contributed by atoms with E-state index in [-0.39, 0.29) is 17.9 Å². The topological polar surface area (TPSA) is 90.5 Å². The molecule has 3 heterocycles. The van der Waals surface area contributed by atoms with E-state index in [0.29, 0.717) is 28.8 Å². The third kappa shape index (κ3) is 4.23. The van der Waals surface area contributed by atoms with Gasteiger partial charge in [-0.25, -0.2) is 19.3 Å². The van der Waals surface area contributed by atoms with Crippen LogP contribution in [0.5, 0.6) is 0 Å². The summed E-state index contributed by atoms with van der Waals surface area (Å²) in [5.41, 5.74) is 3.88. The number of anilines is 1. The minimum atomic E-state index is -0.305. The molecule has 1 N–H and O–H groups in total. The van der Waals surface area contributed by atoms with Gasteiger partial charge in [0, 0.05) is 11.6 Å². The summed E-state index contributed by atoms with van der Waals surface area (Å²) in [6, 6.07) is 21.6. The van der Waals surface area contributed by atoms with Gasteiger partial charge in [-0.3, -0.25) is 10.1 Å². The molecule has 8 heteroatoms. The highest BCUT2D eigenvalue weighted by molar-refractivity contribution is 6.12. The van der Waals surface area contributed by atoms with E-state index in [9.17, 15) is 4.79 Å². The maximum absolute atomic E-state index is 13.3. The molecule has 5 rings (SSSR count). The van der Waals surface area contributed by atoms with Gasteiger partial charge in [-0.05, 0) is 25.5 Å². The van der Waals surface area contributed by atoms with Crippen molar-refractivity contribution < 1.29 is 4.79 Å². The highest BCUT2D eigenvalue weighted by Crippen LogP contribution is 2.26. The van der Waals surface area contributed by atoms with Crippen LogP contribution in [0.15, 0.2) is 79.3 Å². The van der Waals surface area contributed by atoms with Crippen molar-refractivity contribution in [3.8, 4) is 11.3 Å². The van der Waals surface area contributed by atoms with E-state index >= 15 is 0 Å². The standard InChI is InChI=1S/C25H23N7O/c1-17(2)32-23-21(14-27-32)20(13-22(28-23)19-11-7-4-8-12-19)24(33)29-25-26-16-31(30-25)15-18-9-5-3-6-10-18/h3-14,16-17H,15H2,1-2H3,(H,29,30,33). The number of rotatable bonds is 6. The van der Waals surface area contributed by atoms with Crippen LogP contribution in [-0.2, 0) is 6.54 Å². The number of carbonyl (C=O) groups excluding carboxylic acids is 1. The summed E-state index contributed by atoms with van der Waals surface area (Å²) in [5.74, 6) is -0.0567. The summed E-state index contributed by atoms with van der Waals surface area (Å²) >= 11 is 0. The SMILES string of the molecule is CC(C)n1ncc2c(C(=O)Nc3ncn(Cc4ccccc4)n3)cc(-c3ccccc3)nc21. The molecule has 164 valence electrons. The predicted octanol–water partition coefficient (Wildman–Crippen LogP) is 4.57. The molecule has 0 bridgehead atoms. The number of benzene rings is 2. The van der Waals surface area contributed by atoms with Gasteiger partial charge in [0.2, 0.25) is 5.95 Å². The Balaban J connectivity index is 1.48. The van der Waals surface area contributed by atoms with Crippen molar-refractivity contribution in [2.75, 3.05) is 5.32 Å². The number of aromatic nitrogens is 6. The van der Waals surface area contributed by atoms with Crippen LogP contribution in [0.1, 0.15) is 35.8 Å². The molecule has 2 aromatic carbocycles. The molecule has 0 aliphatic heterocycles. The first-order valence-electron chi connectivity index (χ1n) is 10.8. The maximum atomic E-state index is 13.3. The second kappa shape index (κ2) is 8.66. The molecule has 0 atom stereocenters. The lowest BCUT2D eigenvalue weighted by Gasteiger charge is -2.10. The fraction of sp³-hybridized carbons (Fsp3) is 0.160. The van der Waals surface area contributed by atoms with Crippen LogP contribution in [0.3, 0.4) is 0 Å². The van der Waals surface area contributed by atoms with Gasteiger partial charge in [0.15, 0.2) is 5.65 Å². The summed E-state index contributed by atoms with van der Waals surface area (Å²) in [7, 11) is 0. The van der Waals surface area contributed by atoms with Crippen LogP contribution in [0.2, 0.25) is 0 Å². The number of carbonyl (C=O) groups is 1. The number of hydrogen-bond donors (Lipinski definition) is 1. The van der Waals surface area contributed by atoms with Crippen LogP contribution in [0.4, 0.5) is 5.95 Å². The van der Waals surface area contributed by atoms with Crippen molar-refractivity contribution in [2.45, 2.75) is 26.4 Å². The van der Waals surface area contributed by atoms with Gasteiger partial charge in [-0.15, -0.1) is 5.10 Å². The van der Waals surface area contributed by atoms with E-state index in [1.807, 2.05) is 79.2 Å². The van der Waals surface area contributed by atoms with Crippen molar-refractivity contribution in [3.05, 3.63) is 90.4 Å². The highest BCUT2D eigenvalue weighted by atomic mass is 16.1. The maximum Gasteiger partial charge on any atom is 0.258 e. The Kier molecular flexibility index (Phi) is 5.40. The van der Waals surface area contributed by atoms with Crippen LogP contribution < -0.4 is 5.32 Å². The van der Waals surface area contributed by atoms with E-state index in [4.69, 9.17) is 4.98 Å². The zero-order valence-electron chi connectivity index (χ0n) is 18.4. The Bertz CT molecular complexity index is 1410. The van der Waals surface area contributed by atoms with Gasteiger partial charge in [0.25, 0.3) is 5.91 Å². The average molecular weight is 438 g/mol. The van der Waals surface area contributed by atoms with E-state index in [0.717, 1.165) is 11.1 Å². The number of nitrogens with zero attached hydrogens (tertiary/aromatic N) is 6. The lowest BCUT2D eigenvalue weighted by atomic mass is 10.1. The van der Waals surface area contributed by atoms with Crippen LogP contribution in [0, 0.1) is 0 Å². The monoisotopic (exact) mass is 437 g/mol. The van der Waals surface area contributed by atoms with E-state index in [1.165, 1.54) is 0 Å². The normalized spacial score (nSPS) is 11.2. The summed E-state index contributed by atoms with van der Waals surface area (Å²) in [5, 5.41) is 12.4. The van der Waals surface area contributed by atoms with Crippen LogP contribution in [-0.4, -0.2) is 35.4 Å². The number of hydrogen-bond acceptors (Lipinski definition) is 5. The van der Waals surface area contributed by atoms with Crippen molar-refractivity contribution in [2.24, 2.45) is 0 Å². The molecule has 0 radical (unpaired) electrons. The second-order valence-electron chi connectivity index (χ2n) is 8.05. The van der Waals surface area contributed by atoms with Crippen molar-refractivity contribution in [1.29, 1.82) is 0 Å². The van der Waals surface area contributed by atoms with Gasteiger partial charge in [0.1, 0.15) is 6.33 Å². The molecule has 5 aromatic rings. The molecule has 1 amide bonds. The zero-order valence-corrected chi connectivity index (χ0v) is 18.4. The molecular weight excluding hydrogens is 414 g/mol. The van der Waals surface area contributed by atoms with Crippen LogP contribution in [0.25, 0.3) is 22.3 Å². The Hall–Kier alpha value is -4.33. The molecule has 0 fully saturated rings. The van der Waals surface area contributed by atoms with Crippen molar-refractivity contribution in [1.82, 2.24) is 29.5 Å². The minimum absolute atomic E-state index is 0.104. The fourth-order valence-electron chi connectivity index (χ4n) is 3.71. The largest absolute Gasteiger partial charge is 0.289 e. The first kappa shape index (κ1) is 20.6. The summed E-state index contributed by atoms with van der Waals surface area (Å²) in [6.45, 7) is 4.64. The molecule has 3 aromatic heterocycles. The third-order valence-corrected chi connectivity index (χ3v) is 5.32. The first-order valence-corrected chi connectivity index (χ1v) is 10.8. The van der Waals surface area contributed by atoms with Gasteiger partial charge >= 0.3 is 0 Å². The number of amides is 1. The average Bonchev–Trinajstić information content (AvgIpc) is 3.46. The van der Waals surface area contributed by atoms with Crippen LogP contribution >= 0.6 is 0 Å². The molecule has 0 spiro atoms. The number of fused-ring (bicyclic) bond motifs is 1. The van der Waals surface area contributed by atoms with Crippen molar-refractivity contribution >= 4 is 22.9 Å². The Labute approximate surface area is 190 Å². The van der Waals surface area contributed by atoms with E-state index in [2.05, 4.69) is 20.5 Å². The molecule has 0 unspecified atom stereocenters. The fourth-order valence-corrected chi connectivity index (χ4v) is 3.71. The quantitative estimate of drug-likeness (QED) is 0.420. The second-order valence-corrected chi connectivity index (χ2v) is 8.05.